The summed E-state index contributed by atoms with van der Waals surface area (Å²) >= 11 is 1.65. The Morgan fingerprint density at radius 2 is 1.81 bits per heavy atom. The highest BCUT2D eigenvalue weighted by atomic mass is 32.1. The Morgan fingerprint density at radius 1 is 1.00 bits per heavy atom. The third kappa shape index (κ3) is 2.69. The second-order valence-electron chi connectivity index (χ2n) is 5.06. The van der Waals surface area contributed by atoms with Crippen molar-refractivity contribution in [2.24, 2.45) is 0 Å². The maximum atomic E-state index is 5.42. The van der Waals surface area contributed by atoms with E-state index in [1.807, 2.05) is 24.3 Å². The molecule has 2 aromatic carbocycles. The van der Waals surface area contributed by atoms with Crippen LogP contribution in [0.25, 0.3) is 21.8 Å². The smallest absolute Gasteiger partial charge is 0.129 e. The Morgan fingerprint density at radius 3 is 2.62 bits per heavy atom. The molecule has 1 aromatic heterocycles. The molecular formula is C18H17NOS. The minimum atomic E-state index is 0.861. The number of benzene rings is 2. The van der Waals surface area contributed by atoms with Crippen LogP contribution in [-0.2, 0) is 0 Å². The fourth-order valence-corrected chi connectivity index (χ4v) is 3.20. The number of para-hydroxylation sites is 1. The maximum absolute atomic E-state index is 5.42. The zero-order chi connectivity index (χ0) is 14.8. The summed E-state index contributed by atoms with van der Waals surface area (Å²) in [6, 6.07) is 14.5. The summed E-state index contributed by atoms with van der Waals surface area (Å²) in [4.78, 5) is 4.80. The Bertz CT molecular complexity index is 776. The molecule has 1 heterocycles. The number of aromatic nitrogens is 1. The molecule has 0 atom stereocenters. The monoisotopic (exact) mass is 295 g/mol. The van der Waals surface area contributed by atoms with Crippen LogP contribution in [0.5, 0.6) is 5.75 Å². The van der Waals surface area contributed by atoms with Crippen LogP contribution in [0.15, 0.2) is 47.8 Å². The highest BCUT2D eigenvalue weighted by Gasteiger charge is 2.12. The zero-order valence-corrected chi connectivity index (χ0v) is 13.2. The normalized spacial score (nSPS) is 10.6. The Hall–Kier alpha value is -2.13. The van der Waals surface area contributed by atoms with Gasteiger partial charge in [-0.3, -0.25) is 0 Å². The summed E-state index contributed by atoms with van der Waals surface area (Å²) in [5.74, 6) is 0.861. The lowest BCUT2D eigenvalue weighted by Gasteiger charge is -2.05. The lowest BCUT2D eigenvalue weighted by Crippen LogP contribution is -1.88. The number of hydrogen-bond acceptors (Lipinski definition) is 3. The first-order chi connectivity index (χ1) is 10.2. The van der Waals surface area contributed by atoms with Crippen LogP contribution >= 0.6 is 11.3 Å². The van der Waals surface area contributed by atoms with Gasteiger partial charge in [-0.05, 0) is 37.6 Å². The van der Waals surface area contributed by atoms with Crippen LogP contribution in [0.1, 0.15) is 11.1 Å². The van der Waals surface area contributed by atoms with E-state index < -0.39 is 0 Å². The van der Waals surface area contributed by atoms with Crippen molar-refractivity contribution in [3.05, 3.63) is 59.0 Å². The Labute approximate surface area is 129 Å². The number of aryl methyl sites for hydroxylation is 2. The van der Waals surface area contributed by atoms with Gasteiger partial charge in [0.2, 0.25) is 0 Å². The standard InChI is InChI=1S/C18H17NOS/c1-12-8-9-13(2)15(10-12)16-11-21-18(19-16)14-6-4-5-7-17(14)20-3/h4-11H,1-3H3. The van der Waals surface area contributed by atoms with Crippen molar-refractivity contribution in [3.63, 3.8) is 0 Å². The molecule has 0 N–H and O–H groups in total. The molecule has 0 unspecified atom stereocenters. The van der Waals surface area contributed by atoms with E-state index in [4.69, 9.17) is 9.72 Å². The lowest BCUT2D eigenvalue weighted by atomic mass is 10.0. The molecule has 21 heavy (non-hydrogen) atoms. The van der Waals surface area contributed by atoms with Gasteiger partial charge in [-0.15, -0.1) is 11.3 Å². The lowest BCUT2D eigenvalue weighted by molar-refractivity contribution is 0.416. The van der Waals surface area contributed by atoms with Crippen molar-refractivity contribution in [1.29, 1.82) is 0 Å². The highest BCUT2D eigenvalue weighted by molar-refractivity contribution is 7.13. The number of methoxy groups -OCH3 is 1. The van der Waals surface area contributed by atoms with Crippen molar-refractivity contribution in [3.8, 4) is 27.6 Å². The first-order valence-corrected chi connectivity index (χ1v) is 7.73. The molecule has 3 rings (SSSR count). The summed E-state index contributed by atoms with van der Waals surface area (Å²) in [5.41, 5.74) is 5.77. The topological polar surface area (TPSA) is 22.1 Å². The summed E-state index contributed by atoms with van der Waals surface area (Å²) in [5, 5.41) is 3.10. The molecule has 0 bridgehead atoms. The van der Waals surface area contributed by atoms with Crippen LogP contribution in [0.4, 0.5) is 0 Å². The van der Waals surface area contributed by atoms with E-state index in [2.05, 4.69) is 37.4 Å². The minimum absolute atomic E-state index is 0.861. The summed E-state index contributed by atoms with van der Waals surface area (Å²) in [6.07, 6.45) is 0. The third-order valence-electron chi connectivity index (χ3n) is 3.51. The molecule has 0 aliphatic carbocycles. The fourth-order valence-electron chi connectivity index (χ4n) is 2.35. The van der Waals surface area contributed by atoms with E-state index >= 15 is 0 Å². The average molecular weight is 295 g/mol. The molecule has 0 amide bonds. The predicted molar refractivity (Wildman–Crippen MR) is 89.0 cm³/mol. The summed E-state index contributed by atoms with van der Waals surface area (Å²) in [7, 11) is 1.69. The second kappa shape index (κ2) is 5.70. The minimum Gasteiger partial charge on any atom is -0.496 e. The molecule has 0 saturated carbocycles. The second-order valence-corrected chi connectivity index (χ2v) is 5.91. The summed E-state index contributed by atoms with van der Waals surface area (Å²) in [6.45, 7) is 4.23. The van der Waals surface area contributed by atoms with Crippen molar-refractivity contribution in [2.45, 2.75) is 13.8 Å². The van der Waals surface area contributed by atoms with Gasteiger partial charge in [-0.1, -0.05) is 29.8 Å². The van der Waals surface area contributed by atoms with Crippen LogP contribution in [0.3, 0.4) is 0 Å². The highest BCUT2D eigenvalue weighted by Crippen LogP contribution is 2.35. The van der Waals surface area contributed by atoms with Crippen molar-refractivity contribution < 1.29 is 4.74 Å². The van der Waals surface area contributed by atoms with E-state index in [1.165, 1.54) is 16.7 Å². The molecule has 0 aliphatic heterocycles. The van der Waals surface area contributed by atoms with Gasteiger partial charge in [0, 0.05) is 10.9 Å². The van der Waals surface area contributed by atoms with Crippen LogP contribution < -0.4 is 4.74 Å². The van der Waals surface area contributed by atoms with Gasteiger partial charge in [0.15, 0.2) is 0 Å². The van der Waals surface area contributed by atoms with Gasteiger partial charge in [-0.25, -0.2) is 4.98 Å². The first kappa shape index (κ1) is 13.8. The van der Waals surface area contributed by atoms with E-state index in [9.17, 15) is 0 Å². The van der Waals surface area contributed by atoms with Crippen molar-refractivity contribution in [1.82, 2.24) is 4.98 Å². The molecular weight excluding hydrogens is 278 g/mol. The molecule has 0 spiro atoms. The third-order valence-corrected chi connectivity index (χ3v) is 4.39. The average Bonchev–Trinajstić information content (AvgIpc) is 2.99. The van der Waals surface area contributed by atoms with E-state index in [0.29, 0.717) is 0 Å². The van der Waals surface area contributed by atoms with Gasteiger partial charge in [0.05, 0.1) is 18.4 Å². The molecule has 0 fully saturated rings. The van der Waals surface area contributed by atoms with Crippen LogP contribution in [-0.4, -0.2) is 12.1 Å². The van der Waals surface area contributed by atoms with Crippen LogP contribution in [0, 0.1) is 13.8 Å². The molecule has 3 heteroatoms. The van der Waals surface area contributed by atoms with Gasteiger partial charge in [0.25, 0.3) is 0 Å². The number of rotatable bonds is 3. The van der Waals surface area contributed by atoms with Crippen molar-refractivity contribution in [2.75, 3.05) is 7.11 Å². The molecule has 0 saturated heterocycles. The summed E-state index contributed by atoms with van der Waals surface area (Å²) < 4.78 is 5.42. The first-order valence-electron chi connectivity index (χ1n) is 6.85. The number of thiazole rings is 1. The molecule has 0 radical (unpaired) electrons. The number of ether oxygens (including phenoxy) is 1. The molecule has 3 aromatic rings. The SMILES string of the molecule is COc1ccccc1-c1nc(-c2cc(C)ccc2C)cs1. The quantitative estimate of drug-likeness (QED) is 0.670. The maximum Gasteiger partial charge on any atom is 0.129 e. The Kier molecular flexibility index (Phi) is 3.76. The predicted octanol–water partition coefficient (Wildman–Crippen LogP) is 5.10. The van der Waals surface area contributed by atoms with Gasteiger partial charge in [0.1, 0.15) is 10.8 Å². The number of hydrogen-bond donors (Lipinski definition) is 0. The molecule has 106 valence electrons. The van der Waals surface area contributed by atoms with Crippen LogP contribution in [0.2, 0.25) is 0 Å². The number of nitrogens with zero attached hydrogens (tertiary/aromatic N) is 1. The van der Waals surface area contributed by atoms with Gasteiger partial charge in [-0.2, -0.15) is 0 Å². The van der Waals surface area contributed by atoms with E-state index in [0.717, 1.165) is 22.0 Å². The molecule has 0 aliphatic rings. The van der Waals surface area contributed by atoms with Crippen molar-refractivity contribution >= 4 is 11.3 Å². The zero-order valence-electron chi connectivity index (χ0n) is 12.4. The molecule has 2 nitrogen and oxygen atoms in total. The fraction of sp³-hybridized carbons (Fsp3) is 0.167. The van der Waals surface area contributed by atoms with E-state index in [-0.39, 0.29) is 0 Å². The largest absolute Gasteiger partial charge is 0.496 e. The van der Waals surface area contributed by atoms with Gasteiger partial charge < -0.3 is 4.74 Å². The van der Waals surface area contributed by atoms with Gasteiger partial charge >= 0.3 is 0 Å². The Balaban J connectivity index is 2.06. The van der Waals surface area contributed by atoms with E-state index in [1.54, 1.807) is 18.4 Å².